The highest BCUT2D eigenvalue weighted by atomic mass is 16.5. The summed E-state index contributed by atoms with van der Waals surface area (Å²) in [5.74, 6) is 0.690. The monoisotopic (exact) mass is 168 g/mol. The van der Waals surface area contributed by atoms with E-state index >= 15 is 0 Å². The quantitative estimate of drug-likeness (QED) is 0.714. The van der Waals surface area contributed by atoms with Crippen LogP contribution in [0.1, 0.15) is 12.5 Å². The van der Waals surface area contributed by atoms with Crippen LogP contribution in [0.5, 0.6) is 11.5 Å². The molecule has 0 unspecified atom stereocenters. The summed E-state index contributed by atoms with van der Waals surface area (Å²) in [5, 5.41) is 18.0. The fraction of sp³-hybridized carbons (Fsp3) is 0.333. The molecule has 0 radical (unpaired) electrons. The van der Waals surface area contributed by atoms with Crippen LogP contribution in [0.2, 0.25) is 0 Å². The maximum absolute atomic E-state index is 9.28. The molecule has 0 spiro atoms. The molecule has 0 saturated heterocycles. The Labute approximate surface area is 71.2 Å². The molecule has 0 saturated carbocycles. The molecule has 12 heavy (non-hydrogen) atoms. The number of ether oxygens (including phenoxy) is 1. The van der Waals surface area contributed by atoms with Crippen molar-refractivity contribution < 1.29 is 14.9 Å². The van der Waals surface area contributed by atoms with Gasteiger partial charge in [-0.3, -0.25) is 0 Å². The van der Waals surface area contributed by atoms with Gasteiger partial charge in [-0.2, -0.15) is 0 Å². The summed E-state index contributed by atoms with van der Waals surface area (Å²) in [6, 6.07) is 4.85. The van der Waals surface area contributed by atoms with Crippen molar-refractivity contribution in [3.63, 3.8) is 0 Å². The van der Waals surface area contributed by atoms with E-state index < -0.39 is 0 Å². The van der Waals surface area contributed by atoms with Crippen molar-refractivity contribution in [3.05, 3.63) is 23.8 Å². The first-order chi connectivity index (χ1) is 5.77. The van der Waals surface area contributed by atoms with Crippen LogP contribution in [-0.4, -0.2) is 16.8 Å². The van der Waals surface area contributed by atoms with Crippen LogP contribution < -0.4 is 4.74 Å². The minimum absolute atomic E-state index is 0.0726. The maximum atomic E-state index is 9.28. The summed E-state index contributed by atoms with van der Waals surface area (Å²) in [5.41, 5.74) is 0.512. The molecule has 3 heteroatoms. The highest BCUT2D eigenvalue weighted by Gasteiger charge is 2.00. The fourth-order valence-electron chi connectivity index (χ4n) is 0.934. The number of aliphatic hydroxyl groups excluding tert-OH is 1. The Balaban J connectivity index is 2.86. The lowest BCUT2D eigenvalue weighted by Crippen LogP contribution is -1.92. The molecule has 1 aromatic rings. The second-order valence-corrected chi connectivity index (χ2v) is 2.38. The zero-order valence-electron chi connectivity index (χ0n) is 6.95. The average Bonchev–Trinajstić information content (AvgIpc) is 2.05. The Bertz CT molecular complexity index is 258. The van der Waals surface area contributed by atoms with Gasteiger partial charge in [0.05, 0.1) is 13.2 Å². The van der Waals surface area contributed by atoms with E-state index in [1.165, 1.54) is 6.07 Å². The van der Waals surface area contributed by atoms with Crippen LogP contribution in [0.15, 0.2) is 18.2 Å². The first kappa shape index (κ1) is 8.87. The molecule has 0 bridgehead atoms. The van der Waals surface area contributed by atoms with Crippen molar-refractivity contribution in [2.75, 3.05) is 6.61 Å². The van der Waals surface area contributed by atoms with E-state index in [1.807, 2.05) is 6.92 Å². The molecule has 0 heterocycles. The molecule has 0 aromatic heterocycles. The van der Waals surface area contributed by atoms with E-state index in [-0.39, 0.29) is 12.4 Å². The number of rotatable bonds is 3. The van der Waals surface area contributed by atoms with Crippen molar-refractivity contribution >= 4 is 0 Å². The predicted molar refractivity (Wildman–Crippen MR) is 45.2 cm³/mol. The van der Waals surface area contributed by atoms with Crippen molar-refractivity contribution in [2.45, 2.75) is 13.5 Å². The van der Waals surface area contributed by atoms with Crippen LogP contribution in [0.3, 0.4) is 0 Å². The van der Waals surface area contributed by atoms with Crippen LogP contribution in [-0.2, 0) is 6.61 Å². The number of benzene rings is 1. The number of hydrogen-bond acceptors (Lipinski definition) is 3. The van der Waals surface area contributed by atoms with Gasteiger partial charge in [-0.1, -0.05) is 0 Å². The third-order valence-corrected chi connectivity index (χ3v) is 1.54. The summed E-state index contributed by atoms with van der Waals surface area (Å²) < 4.78 is 5.14. The second kappa shape index (κ2) is 3.97. The summed E-state index contributed by atoms with van der Waals surface area (Å²) >= 11 is 0. The van der Waals surface area contributed by atoms with Crippen molar-refractivity contribution in [1.82, 2.24) is 0 Å². The number of aliphatic hydroxyl groups is 1. The smallest absolute Gasteiger partial charge is 0.124 e. The molecule has 0 amide bonds. The molecule has 66 valence electrons. The van der Waals surface area contributed by atoms with Gasteiger partial charge in [-0.05, 0) is 19.1 Å². The summed E-state index contributed by atoms with van der Waals surface area (Å²) in [6.45, 7) is 2.28. The summed E-state index contributed by atoms with van der Waals surface area (Å²) in [6.07, 6.45) is 0. The molecular weight excluding hydrogens is 156 g/mol. The van der Waals surface area contributed by atoms with Crippen LogP contribution in [0.25, 0.3) is 0 Å². The van der Waals surface area contributed by atoms with Gasteiger partial charge < -0.3 is 14.9 Å². The minimum Gasteiger partial charge on any atom is -0.507 e. The fourth-order valence-corrected chi connectivity index (χ4v) is 0.934. The first-order valence-electron chi connectivity index (χ1n) is 3.83. The minimum atomic E-state index is -0.155. The van der Waals surface area contributed by atoms with Crippen LogP contribution in [0, 0.1) is 0 Å². The lowest BCUT2D eigenvalue weighted by molar-refractivity contribution is 0.274. The number of aromatic hydroxyl groups is 1. The highest BCUT2D eigenvalue weighted by molar-refractivity contribution is 5.39. The summed E-state index contributed by atoms with van der Waals surface area (Å²) in [4.78, 5) is 0. The van der Waals surface area contributed by atoms with E-state index in [0.717, 1.165) is 0 Å². The Morgan fingerprint density at radius 3 is 2.67 bits per heavy atom. The predicted octanol–water partition coefficient (Wildman–Crippen LogP) is 1.28. The maximum Gasteiger partial charge on any atom is 0.124 e. The lowest BCUT2D eigenvalue weighted by Gasteiger charge is -2.05. The molecule has 1 aromatic carbocycles. The average molecular weight is 168 g/mol. The van der Waals surface area contributed by atoms with Crippen LogP contribution >= 0.6 is 0 Å². The van der Waals surface area contributed by atoms with Gasteiger partial charge in [0.15, 0.2) is 0 Å². The van der Waals surface area contributed by atoms with Gasteiger partial charge in [-0.15, -0.1) is 0 Å². The molecule has 1 rings (SSSR count). The SMILES string of the molecule is CCOc1ccc(CO)c(O)c1. The van der Waals surface area contributed by atoms with Crippen molar-refractivity contribution in [1.29, 1.82) is 0 Å². The molecule has 2 N–H and O–H groups in total. The Kier molecular flexibility index (Phi) is 2.94. The van der Waals surface area contributed by atoms with Gasteiger partial charge in [0.1, 0.15) is 11.5 Å². The van der Waals surface area contributed by atoms with E-state index in [1.54, 1.807) is 12.1 Å². The van der Waals surface area contributed by atoms with E-state index in [9.17, 15) is 5.11 Å². The van der Waals surface area contributed by atoms with Gasteiger partial charge in [0.2, 0.25) is 0 Å². The normalized spacial score (nSPS) is 9.83. The largest absolute Gasteiger partial charge is 0.507 e. The van der Waals surface area contributed by atoms with Crippen LogP contribution in [0.4, 0.5) is 0 Å². The third kappa shape index (κ3) is 1.89. The number of phenols is 1. The molecule has 0 aliphatic heterocycles. The van der Waals surface area contributed by atoms with Gasteiger partial charge in [0, 0.05) is 11.6 Å². The zero-order valence-corrected chi connectivity index (χ0v) is 6.95. The van der Waals surface area contributed by atoms with Gasteiger partial charge in [-0.25, -0.2) is 0 Å². The van der Waals surface area contributed by atoms with Crippen molar-refractivity contribution in [2.24, 2.45) is 0 Å². The zero-order chi connectivity index (χ0) is 8.97. The second-order valence-electron chi connectivity index (χ2n) is 2.38. The highest BCUT2D eigenvalue weighted by Crippen LogP contribution is 2.23. The Hall–Kier alpha value is -1.22. The van der Waals surface area contributed by atoms with E-state index in [0.29, 0.717) is 17.9 Å². The molecule has 0 aliphatic rings. The molecular formula is C9H12O3. The summed E-state index contributed by atoms with van der Waals surface area (Å²) in [7, 11) is 0. The number of hydrogen-bond donors (Lipinski definition) is 2. The molecule has 3 nitrogen and oxygen atoms in total. The molecule has 0 aliphatic carbocycles. The first-order valence-corrected chi connectivity index (χ1v) is 3.83. The van der Waals surface area contributed by atoms with Gasteiger partial charge in [0.25, 0.3) is 0 Å². The topological polar surface area (TPSA) is 49.7 Å². The Morgan fingerprint density at radius 2 is 2.17 bits per heavy atom. The Morgan fingerprint density at radius 1 is 1.42 bits per heavy atom. The van der Waals surface area contributed by atoms with E-state index in [4.69, 9.17) is 9.84 Å². The molecule has 0 fully saturated rings. The van der Waals surface area contributed by atoms with E-state index in [2.05, 4.69) is 0 Å². The third-order valence-electron chi connectivity index (χ3n) is 1.54. The lowest BCUT2D eigenvalue weighted by atomic mass is 10.2. The van der Waals surface area contributed by atoms with Crippen molar-refractivity contribution in [3.8, 4) is 11.5 Å². The van der Waals surface area contributed by atoms with Gasteiger partial charge >= 0.3 is 0 Å². The standard InChI is InChI=1S/C9H12O3/c1-2-12-8-4-3-7(6-10)9(11)5-8/h3-5,10-11H,2,6H2,1H3. The molecule has 0 atom stereocenters.